The highest BCUT2D eigenvalue weighted by atomic mass is 32.4. The van der Waals surface area contributed by atoms with Crippen LogP contribution in [0, 0.1) is 0 Å². The Morgan fingerprint density at radius 2 is 1.20 bits per heavy atom. The van der Waals surface area contributed by atoms with E-state index < -0.39 is 0 Å². The van der Waals surface area contributed by atoms with E-state index in [0.29, 0.717) is 7.58 Å². The van der Waals surface area contributed by atoms with E-state index in [1.165, 1.54) is 0 Å². The van der Waals surface area contributed by atoms with Gasteiger partial charge in [-0.1, -0.05) is 36.4 Å². The summed E-state index contributed by atoms with van der Waals surface area (Å²) >= 11 is 4.30. The van der Waals surface area contributed by atoms with Crippen molar-refractivity contribution in [1.82, 2.24) is 0 Å². The van der Waals surface area contributed by atoms with Gasteiger partial charge in [-0.15, -0.1) is 0 Å². The van der Waals surface area contributed by atoms with Crippen molar-refractivity contribution in [3.8, 4) is 0 Å². The van der Waals surface area contributed by atoms with Crippen molar-refractivity contribution < 1.29 is 4.52 Å². The molecule has 0 radical (unpaired) electrons. The lowest BCUT2D eigenvalue weighted by Crippen LogP contribution is -1.47. The molecular weight excluding hydrogens is 163 g/mol. The van der Waals surface area contributed by atoms with E-state index in [-0.39, 0.29) is 0 Å². The van der Waals surface area contributed by atoms with E-state index in [1.54, 1.807) is 7.11 Å². The molecule has 10 heavy (non-hydrogen) atoms. The fraction of sp³-hybridized carbons (Fsp3) is 0.143. The summed E-state index contributed by atoms with van der Waals surface area (Å²) in [6, 6.07) is 12.0. The fourth-order valence-electron chi connectivity index (χ4n) is 0.385. The highest BCUT2D eigenvalue weighted by molar-refractivity contribution is 7.94. The summed E-state index contributed by atoms with van der Waals surface area (Å²) in [5.41, 5.74) is 0. The lowest BCUT2D eigenvalue weighted by Gasteiger charge is -1.69. The zero-order valence-corrected chi connectivity index (χ0v) is 7.44. The van der Waals surface area contributed by atoms with Gasteiger partial charge in [-0.2, -0.15) is 0 Å². The molecule has 0 amide bonds. The van der Waals surface area contributed by atoms with Gasteiger partial charge in [0.2, 0.25) is 0 Å². The van der Waals surface area contributed by atoms with Gasteiger partial charge in [0.1, 0.15) is 7.58 Å². The first-order valence-electron chi connectivity index (χ1n) is 2.77. The molecule has 54 valence electrons. The average Bonchev–Trinajstić information content (AvgIpc) is 2.08. The Labute approximate surface area is 68.0 Å². The van der Waals surface area contributed by atoms with Gasteiger partial charge >= 0.3 is 0 Å². The fourth-order valence-corrected chi connectivity index (χ4v) is 0.385. The standard InChI is InChI=1S/C6H6.CH3OPS/c1-2-4-6-5-3-1;1-2-3-4/h1-6H;1H3. The van der Waals surface area contributed by atoms with Crippen LogP contribution in [0.3, 0.4) is 0 Å². The molecule has 0 bridgehead atoms. The third-order valence-electron chi connectivity index (χ3n) is 0.741. The third kappa shape index (κ3) is 7.70. The molecule has 0 aliphatic carbocycles. The van der Waals surface area contributed by atoms with Crippen LogP contribution in [0.25, 0.3) is 0 Å². The van der Waals surface area contributed by atoms with Crippen LogP contribution in [0.15, 0.2) is 36.4 Å². The molecule has 0 saturated heterocycles. The summed E-state index contributed by atoms with van der Waals surface area (Å²) < 4.78 is 4.33. The summed E-state index contributed by atoms with van der Waals surface area (Å²) in [7, 11) is 2.15. The Kier molecular flexibility index (Phi) is 8.44. The number of rotatable bonds is 1. The van der Waals surface area contributed by atoms with E-state index >= 15 is 0 Å². The minimum atomic E-state index is 0.582. The highest BCUT2D eigenvalue weighted by Crippen LogP contribution is 1.84. The van der Waals surface area contributed by atoms with Crippen molar-refractivity contribution in [2.45, 2.75) is 0 Å². The predicted octanol–water partition coefficient (Wildman–Crippen LogP) is 2.64. The molecule has 1 aromatic rings. The van der Waals surface area contributed by atoms with Crippen LogP contribution in [0.4, 0.5) is 0 Å². The molecule has 1 nitrogen and oxygen atoms in total. The Hall–Kier alpha value is -0.300. The molecule has 0 unspecified atom stereocenters. The molecule has 0 atom stereocenters. The van der Waals surface area contributed by atoms with E-state index in [4.69, 9.17) is 0 Å². The maximum Gasteiger partial charge on any atom is 0.136 e. The van der Waals surface area contributed by atoms with Crippen molar-refractivity contribution in [3.05, 3.63) is 36.4 Å². The SMILES string of the molecule is COP=S.c1ccccc1. The summed E-state index contributed by atoms with van der Waals surface area (Å²) in [6.45, 7) is 0. The van der Waals surface area contributed by atoms with Gasteiger partial charge in [0.05, 0.1) is 0 Å². The Balaban J connectivity index is 0.000000180. The molecule has 0 aromatic heterocycles. The highest BCUT2D eigenvalue weighted by Gasteiger charge is 1.57. The number of hydrogen-bond acceptors (Lipinski definition) is 2. The van der Waals surface area contributed by atoms with E-state index in [0.717, 1.165) is 0 Å². The van der Waals surface area contributed by atoms with Crippen molar-refractivity contribution in [2.75, 3.05) is 7.11 Å². The molecule has 0 spiro atoms. The maximum atomic E-state index is 4.33. The Morgan fingerprint density at radius 3 is 1.30 bits per heavy atom. The van der Waals surface area contributed by atoms with Gasteiger partial charge in [0.15, 0.2) is 0 Å². The third-order valence-corrected chi connectivity index (χ3v) is 1.34. The summed E-state index contributed by atoms with van der Waals surface area (Å²) in [4.78, 5) is 0. The van der Waals surface area contributed by atoms with Gasteiger partial charge in [0.25, 0.3) is 0 Å². The molecule has 0 fully saturated rings. The van der Waals surface area contributed by atoms with E-state index in [9.17, 15) is 0 Å². The van der Waals surface area contributed by atoms with Crippen LogP contribution in [-0.2, 0) is 16.3 Å². The molecule has 3 heteroatoms. The van der Waals surface area contributed by atoms with Gasteiger partial charge in [-0.25, -0.2) is 0 Å². The normalized spacial score (nSPS) is 8.10. The molecule has 0 heterocycles. The second-order valence-electron chi connectivity index (χ2n) is 1.41. The van der Waals surface area contributed by atoms with Crippen LogP contribution in [0.1, 0.15) is 0 Å². The topological polar surface area (TPSA) is 9.23 Å². The minimum absolute atomic E-state index is 0.582. The molecule has 1 rings (SSSR count). The Morgan fingerprint density at radius 1 is 1.00 bits per heavy atom. The average molecular weight is 172 g/mol. The lowest BCUT2D eigenvalue weighted by molar-refractivity contribution is 0.487. The lowest BCUT2D eigenvalue weighted by atomic mass is 10.4. The van der Waals surface area contributed by atoms with Crippen LogP contribution in [0.5, 0.6) is 0 Å². The van der Waals surface area contributed by atoms with Crippen molar-refractivity contribution >= 4 is 19.4 Å². The quantitative estimate of drug-likeness (QED) is 0.602. The molecule has 0 aliphatic heterocycles. The number of benzene rings is 1. The van der Waals surface area contributed by atoms with Crippen LogP contribution >= 0.6 is 7.58 Å². The van der Waals surface area contributed by atoms with Gasteiger partial charge in [-0.3, -0.25) is 0 Å². The van der Waals surface area contributed by atoms with Gasteiger partial charge in [-0.05, 0) is 11.8 Å². The molecule has 0 saturated carbocycles. The number of hydrogen-bond donors (Lipinski definition) is 0. The Bertz CT molecular complexity index is 128. The minimum Gasteiger partial charge on any atom is -0.321 e. The van der Waals surface area contributed by atoms with E-state index in [2.05, 4.69) is 16.3 Å². The first kappa shape index (κ1) is 9.70. The van der Waals surface area contributed by atoms with Crippen molar-refractivity contribution in [2.24, 2.45) is 0 Å². The molecular formula is C7H9OPS. The monoisotopic (exact) mass is 172 g/mol. The van der Waals surface area contributed by atoms with Crippen LogP contribution in [-0.4, -0.2) is 7.11 Å². The zero-order chi connectivity index (χ0) is 7.66. The second-order valence-corrected chi connectivity index (χ2v) is 2.37. The zero-order valence-electron chi connectivity index (χ0n) is 5.73. The molecule has 0 aliphatic rings. The summed E-state index contributed by atoms with van der Waals surface area (Å²) in [6.07, 6.45) is 0. The second kappa shape index (κ2) is 8.70. The first-order chi connectivity index (χ1) is 4.91. The van der Waals surface area contributed by atoms with Gasteiger partial charge in [0, 0.05) is 7.11 Å². The van der Waals surface area contributed by atoms with Crippen LogP contribution in [0.2, 0.25) is 0 Å². The van der Waals surface area contributed by atoms with Gasteiger partial charge < -0.3 is 4.52 Å². The first-order valence-corrected chi connectivity index (χ1v) is 4.60. The predicted molar refractivity (Wildman–Crippen MR) is 47.7 cm³/mol. The maximum absolute atomic E-state index is 4.33. The molecule has 1 aromatic carbocycles. The largest absolute Gasteiger partial charge is 0.321 e. The van der Waals surface area contributed by atoms with Crippen molar-refractivity contribution in [3.63, 3.8) is 0 Å². The molecule has 0 N–H and O–H groups in total. The summed E-state index contributed by atoms with van der Waals surface area (Å²) in [5, 5.41) is 0. The summed E-state index contributed by atoms with van der Waals surface area (Å²) in [5.74, 6) is 0. The van der Waals surface area contributed by atoms with Crippen LogP contribution < -0.4 is 0 Å². The van der Waals surface area contributed by atoms with E-state index in [1.807, 2.05) is 36.4 Å². The smallest absolute Gasteiger partial charge is 0.136 e. The van der Waals surface area contributed by atoms with Crippen molar-refractivity contribution in [1.29, 1.82) is 0 Å².